The van der Waals surface area contributed by atoms with Gasteiger partial charge in [-0.25, -0.2) is 0 Å². The first-order valence-electron chi connectivity index (χ1n) is 8.06. The molecule has 0 saturated carbocycles. The molecule has 1 aliphatic rings. The van der Waals surface area contributed by atoms with E-state index in [1.165, 1.54) is 5.56 Å². The van der Waals surface area contributed by atoms with Crippen LogP contribution in [0.15, 0.2) is 42.5 Å². The van der Waals surface area contributed by atoms with Gasteiger partial charge in [0, 0.05) is 41.9 Å². The van der Waals surface area contributed by atoms with E-state index in [1.807, 2.05) is 47.4 Å². The second kappa shape index (κ2) is 7.45. The molecule has 0 aromatic heterocycles. The van der Waals surface area contributed by atoms with Crippen molar-refractivity contribution in [3.8, 4) is 0 Å². The van der Waals surface area contributed by atoms with Crippen LogP contribution in [0.4, 0.5) is 5.69 Å². The summed E-state index contributed by atoms with van der Waals surface area (Å²) in [6, 6.07) is 13.4. The topological polar surface area (TPSA) is 23.6 Å². The molecule has 0 bridgehead atoms. The molecule has 2 aromatic carbocycles. The van der Waals surface area contributed by atoms with E-state index in [2.05, 4.69) is 11.8 Å². The van der Waals surface area contributed by atoms with Crippen LogP contribution in [-0.4, -0.2) is 37.0 Å². The normalized spacial score (nSPS) is 14.8. The largest absolute Gasteiger partial charge is 0.368 e. The molecule has 0 N–H and O–H groups in total. The van der Waals surface area contributed by atoms with Gasteiger partial charge < -0.3 is 9.80 Å². The standard InChI is InChI=1S/C19H20Cl2N2O/c1-14-5-6-17(21)13-18(14)22-7-9-23(10-8-22)19(24)12-15-3-2-4-16(20)11-15/h2-6,11,13H,7-10,12H2,1H3. The van der Waals surface area contributed by atoms with Gasteiger partial charge in [-0.15, -0.1) is 0 Å². The molecule has 0 unspecified atom stereocenters. The van der Waals surface area contributed by atoms with Crippen LogP contribution in [0.2, 0.25) is 10.0 Å². The van der Waals surface area contributed by atoms with Gasteiger partial charge >= 0.3 is 0 Å². The summed E-state index contributed by atoms with van der Waals surface area (Å²) in [6.45, 7) is 5.18. The summed E-state index contributed by atoms with van der Waals surface area (Å²) < 4.78 is 0. The molecule has 1 amide bonds. The summed E-state index contributed by atoms with van der Waals surface area (Å²) in [5, 5.41) is 1.41. The van der Waals surface area contributed by atoms with Gasteiger partial charge in [-0.3, -0.25) is 4.79 Å². The van der Waals surface area contributed by atoms with Gasteiger partial charge in [-0.1, -0.05) is 41.4 Å². The SMILES string of the molecule is Cc1ccc(Cl)cc1N1CCN(C(=O)Cc2cccc(Cl)c2)CC1. The van der Waals surface area contributed by atoms with Crippen molar-refractivity contribution in [2.45, 2.75) is 13.3 Å². The van der Waals surface area contributed by atoms with Crippen LogP contribution < -0.4 is 4.90 Å². The molecule has 1 heterocycles. The number of carbonyl (C=O) groups is 1. The third-order valence-corrected chi connectivity index (χ3v) is 4.86. The molecule has 1 aliphatic heterocycles. The minimum atomic E-state index is 0.153. The Morgan fingerprint density at radius 1 is 1.00 bits per heavy atom. The van der Waals surface area contributed by atoms with Crippen LogP contribution in [0.3, 0.4) is 0 Å². The van der Waals surface area contributed by atoms with E-state index in [-0.39, 0.29) is 5.91 Å². The number of piperazine rings is 1. The zero-order valence-electron chi connectivity index (χ0n) is 13.6. The van der Waals surface area contributed by atoms with Crippen molar-refractivity contribution in [1.29, 1.82) is 0 Å². The maximum Gasteiger partial charge on any atom is 0.227 e. The highest BCUT2D eigenvalue weighted by Crippen LogP contribution is 2.25. The summed E-state index contributed by atoms with van der Waals surface area (Å²) in [4.78, 5) is 16.7. The van der Waals surface area contributed by atoms with Crippen LogP contribution in [0.25, 0.3) is 0 Å². The Morgan fingerprint density at radius 3 is 2.42 bits per heavy atom. The molecular weight excluding hydrogens is 343 g/mol. The lowest BCUT2D eigenvalue weighted by atomic mass is 10.1. The Labute approximate surface area is 152 Å². The number of hydrogen-bond donors (Lipinski definition) is 0. The fourth-order valence-electron chi connectivity index (χ4n) is 3.05. The summed E-state index contributed by atoms with van der Waals surface area (Å²) in [7, 11) is 0. The minimum Gasteiger partial charge on any atom is -0.368 e. The summed E-state index contributed by atoms with van der Waals surface area (Å²) in [6.07, 6.45) is 0.400. The van der Waals surface area contributed by atoms with Crippen LogP contribution in [-0.2, 0) is 11.2 Å². The summed E-state index contributed by atoms with van der Waals surface area (Å²) in [5.41, 5.74) is 3.32. The van der Waals surface area contributed by atoms with Gasteiger partial charge in [0.25, 0.3) is 0 Å². The number of carbonyl (C=O) groups excluding carboxylic acids is 1. The van der Waals surface area contributed by atoms with E-state index in [9.17, 15) is 4.79 Å². The van der Waals surface area contributed by atoms with E-state index >= 15 is 0 Å². The molecule has 3 rings (SSSR count). The number of halogens is 2. The predicted molar refractivity (Wildman–Crippen MR) is 100 cm³/mol. The molecule has 1 saturated heterocycles. The molecule has 0 aliphatic carbocycles. The van der Waals surface area contributed by atoms with Crippen molar-refractivity contribution in [2.24, 2.45) is 0 Å². The quantitative estimate of drug-likeness (QED) is 0.816. The second-order valence-electron chi connectivity index (χ2n) is 6.11. The minimum absolute atomic E-state index is 0.153. The lowest BCUT2D eigenvalue weighted by Crippen LogP contribution is -2.49. The number of rotatable bonds is 3. The lowest BCUT2D eigenvalue weighted by molar-refractivity contribution is -0.130. The number of benzene rings is 2. The Balaban J connectivity index is 1.60. The predicted octanol–water partition coefficient (Wildman–Crippen LogP) is 4.19. The maximum absolute atomic E-state index is 12.5. The van der Waals surface area contributed by atoms with Crippen LogP contribution in [0.1, 0.15) is 11.1 Å². The number of anilines is 1. The molecule has 0 radical (unpaired) electrons. The third kappa shape index (κ3) is 4.03. The number of aryl methyl sites for hydroxylation is 1. The average molecular weight is 363 g/mol. The van der Waals surface area contributed by atoms with Gasteiger partial charge in [-0.2, -0.15) is 0 Å². The van der Waals surface area contributed by atoms with Gasteiger partial charge in [0.1, 0.15) is 0 Å². The molecule has 0 atom stereocenters. The fraction of sp³-hybridized carbons (Fsp3) is 0.316. The van der Waals surface area contributed by atoms with Crippen LogP contribution in [0, 0.1) is 6.92 Å². The molecule has 1 fully saturated rings. The number of nitrogens with zero attached hydrogens (tertiary/aromatic N) is 2. The lowest BCUT2D eigenvalue weighted by Gasteiger charge is -2.37. The van der Waals surface area contributed by atoms with Crippen molar-refractivity contribution in [3.63, 3.8) is 0 Å². The van der Waals surface area contributed by atoms with Crippen molar-refractivity contribution >= 4 is 34.8 Å². The van der Waals surface area contributed by atoms with Gasteiger partial charge in [0.15, 0.2) is 0 Å². The van der Waals surface area contributed by atoms with E-state index in [4.69, 9.17) is 23.2 Å². The molecule has 2 aromatic rings. The molecule has 0 spiro atoms. The monoisotopic (exact) mass is 362 g/mol. The van der Waals surface area contributed by atoms with Gasteiger partial charge in [0.05, 0.1) is 6.42 Å². The van der Waals surface area contributed by atoms with Gasteiger partial charge in [-0.05, 0) is 42.3 Å². The summed E-state index contributed by atoms with van der Waals surface area (Å²) >= 11 is 12.1. The molecule has 5 heteroatoms. The average Bonchev–Trinajstić information content (AvgIpc) is 2.57. The zero-order chi connectivity index (χ0) is 17.1. The van der Waals surface area contributed by atoms with Gasteiger partial charge in [0.2, 0.25) is 5.91 Å². The molecule has 126 valence electrons. The first kappa shape index (κ1) is 17.1. The van der Waals surface area contributed by atoms with E-state index < -0.39 is 0 Å². The number of hydrogen-bond acceptors (Lipinski definition) is 2. The van der Waals surface area contributed by atoms with Crippen molar-refractivity contribution in [2.75, 3.05) is 31.1 Å². The molecule has 24 heavy (non-hydrogen) atoms. The Kier molecular flexibility index (Phi) is 5.32. The Hall–Kier alpha value is -1.71. The first-order chi connectivity index (χ1) is 11.5. The Bertz CT molecular complexity index is 740. The summed E-state index contributed by atoms with van der Waals surface area (Å²) in [5.74, 6) is 0.153. The second-order valence-corrected chi connectivity index (χ2v) is 6.98. The highest BCUT2D eigenvalue weighted by Gasteiger charge is 2.22. The number of amides is 1. The van der Waals surface area contributed by atoms with Crippen molar-refractivity contribution in [3.05, 3.63) is 63.6 Å². The zero-order valence-corrected chi connectivity index (χ0v) is 15.1. The Morgan fingerprint density at radius 2 is 1.71 bits per heavy atom. The first-order valence-corrected chi connectivity index (χ1v) is 8.82. The highest BCUT2D eigenvalue weighted by atomic mass is 35.5. The highest BCUT2D eigenvalue weighted by molar-refractivity contribution is 6.31. The van der Waals surface area contributed by atoms with Crippen molar-refractivity contribution < 1.29 is 4.79 Å². The van der Waals surface area contributed by atoms with E-state index in [0.717, 1.165) is 42.5 Å². The van der Waals surface area contributed by atoms with E-state index in [0.29, 0.717) is 11.4 Å². The maximum atomic E-state index is 12.5. The molecular formula is C19H20Cl2N2O. The third-order valence-electron chi connectivity index (χ3n) is 4.39. The van der Waals surface area contributed by atoms with Crippen molar-refractivity contribution in [1.82, 2.24) is 4.90 Å². The smallest absolute Gasteiger partial charge is 0.227 e. The molecule has 3 nitrogen and oxygen atoms in total. The fourth-order valence-corrected chi connectivity index (χ4v) is 3.43. The van der Waals surface area contributed by atoms with Crippen LogP contribution in [0.5, 0.6) is 0 Å². The van der Waals surface area contributed by atoms with E-state index in [1.54, 1.807) is 0 Å². The van der Waals surface area contributed by atoms with Crippen LogP contribution >= 0.6 is 23.2 Å².